The summed E-state index contributed by atoms with van der Waals surface area (Å²) in [6.07, 6.45) is 0.240. The summed E-state index contributed by atoms with van der Waals surface area (Å²) >= 11 is 6.17. The molecular formula is C20H21ClN2O2. The van der Waals surface area contributed by atoms with Gasteiger partial charge in [-0.15, -0.1) is 0 Å². The molecule has 1 fully saturated rings. The van der Waals surface area contributed by atoms with Crippen molar-refractivity contribution in [3.63, 3.8) is 0 Å². The van der Waals surface area contributed by atoms with Crippen molar-refractivity contribution in [2.24, 2.45) is 5.92 Å². The lowest BCUT2D eigenvalue weighted by molar-refractivity contribution is -0.135. The van der Waals surface area contributed by atoms with Gasteiger partial charge in [-0.25, -0.2) is 0 Å². The first kappa shape index (κ1) is 17.5. The van der Waals surface area contributed by atoms with Gasteiger partial charge in [-0.1, -0.05) is 48.0 Å². The number of aryl methyl sites for hydroxylation is 1. The zero-order chi connectivity index (χ0) is 18.0. The molecule has 2 amide bonds. The minimum absolute atomic E-state index is 0.00193. The van der Waals surface area contributed by atoms with Crippen LogP contribution in [0.5, 0.6) is 0 Å². The maximum atomic E-state index is 12.7. The molecule has 5 heteroatoms. The van der Waals surface area contributed by atoms with Crippen LogP contribution in [0.3, 0.4) is 0 Å². The molecule has 0 saturated carbocycles. The third kappa shape index (κ3) is 3.85. The van der Waals surface area contributed by atoms with E-state index >= 15 is 0 Å². The first-order valence-electron chi connectivity index (χ1n) is 8.31. The van der Waals surface area contributed by atoms with Crippen LogP contribution in [-0.4, -0.2) is 30.3 Å². The topological polar surface area (TPSA) is 40.6 Å². The number of hydrogen-bond acceptors (Lipinski definition) is 2. The number of rotatable bonds is 4. The Morgan fingerprint density at radius 3 is 2.64 bits per heavy atom. The Morgan fingerprint density at radius 2 is 1.96 bits per heavy atom. The molecule has 4 nitrogen and oxygen atoms in total. The van der Waals surface area contributed by atoms with E-state index in [0.29, 0.717) is 18.1 Å². The largest absolute Gasteiger partial charge is 0.341 e. The molecule has 130 valence electrons. The lowest BCUT2D eigenvalue weighted by Crippen LogP contribution is -2.34. The Bertz CT molecular complexity index is 792. The average Bonchev–Trinajstić information content (AvgIpc) is 2.99. The van der Waals surface area contributed by atoms with Gasteiger partial charge in [0.25, 0.3) is 0 Å². The fourth-order valence-corrected chi connectivity index (χ4v) is 3.29. The van der Waals surface area contributed by atoms with Gasteiger partial charge in [0.15, 0.2) is 0 Å². The highest BCUT2D eigenvalue weighted by molar-refractivity contribution is 6.31. The number of amides is 2. The van der Waals surface area contributed by atoms with Gasteiger partial charge >= 0.3 is 0 Å². The highest BCUT2D eigenvalue weighted by Crippen LogP contribution is 2.29. The SMILES string of the molecule is Cc1ccc(N2CC(C(=O)N(C)Cc3ccccc3)CC2=O)cc1Cl. The highest BCUT2D eigenvalue weighted by atomic mass is 35.5. The van der Waals surface area contributed by atoms with Crippen molar-refractivity contribution in [2.75, 3.05) is 18.5 Å². The Morgan fingerprint density at radius 1 is 1.24 bits per heavy atom. The summed E-state index contributed by atoms with van der Waals surface area (Å²) in [7, 11) is 1.78. The molecule has 1 aliphatic rings. The van der Waals surface area contributed by atoms with Crippen LogP contribution < -0.4 is 4.90 Å². The minimum atomic E-state index is -0.318. The molecule has 25 heavy (non-hydrogen) atoms. The molecule has 0 N–H and O–H groups in total. The molecule has 0 radical (unpaired) electrons. The molecule has 0 spiro atoms. The molecule has 0 bridgehead atoms. The van der Waals surface area contributed by atoms with Crippen LogP contribution in [0.4, 0.5) is 5.69 Å². The second kappa shape index (κ2) is 7.28. The molecule has 1 atom stereocenters. The van der Waals surface area contributed by atoms with Crippen molar-refractivity contribution >= 4 is 29.1 Å². The molecule has 0 aliphatic carbocycles. The Labute approximate surface area is 153 Å². The minimum Gasteiger partial charge on any atom is -0.341 e. The molecule has 1 saturated heterocycles. The lowest BCUT2D eigenvalue weighted by atomic mass is 10.1. The van der Waals surface area contributed by atoms with Gasteiger partial charge in [0, 0.05) is 37.3 Å². The van der Waals surface area contributed by atoms with Crippen molar-refractivity contribution in [2.45, 2.75) is 19.9 Å². The molecule has 0 aromatic heterocycles. The van der Waals surface area contributed by atoms with E-state index in [1.54, 1.807) is 22.9 Å². The fourth-order valence-electron chi connectivity index (χ4n) is 3.12. The van der Waals surface area contributed by atoms with E-state index < -0.39 is 0 Å². The van der Waals surface area contributed by atoms with Crippen LogP contribution in [0.1, 0.15) is 17.5 Å². The summed E-state index contributed by atoms with van der Waals surface area (Å²) in [5, 5.41) is 0.626. The number of nitrogens with zero attached hydrogens (tertiary/aromatic N) is 2. The molecule has 2 aromatic rings. The van der Waals surface area contributed by atoms with Crippen LogP contribution in [0, 0.1) is 12.8 Å². The standard InChI is InChI=1S/C20H21ClN2O2/c1-14-8-9-17(11-18(14)21)23-13-16(10-19(23)24)20(25)22(2)12-15-6-4-3-5-7-15/h3-9,11,16H,10,12-13H2,1-2H3. The van der Waals surface area contributed by atoms with Gasteiger partial charge in [-0.05, 0) is 30.2 Å². The third-order valence-electron chi connectivity index (χ3n) is 4.58. The van der Waals surface area contributed by atoms with E-state index in [4.69, 9.17) is 11.6 Å². The summed E-state index contributed by atoms with van der Waals surface area (Å²) in [6.45, 7) is 2.86. The number of anilines is 1. The molecule has 3 rings (SSSR count). The van der Waals surface area contributed by atoms with E-state index in [-0.39, 0.29) is 24.2 Å². The average molecular weight is 357 g/mol. The maximum absolute atomic E-state index is 12.7. The van der Waals surface area contributed by atoms with E-state index in [0.717, 1.165) is 16.8 Å². The predicted octanol–water partition coefficient (Wildman–Crippen LogP) is 3.66. The Kier molecular flexibility index (Phi) is 5.09. The highest BCUT2D eigenvalue weighted by Gasteiger charge is 2.36. The number of benzene rings is 2. The van der Waals surface area contributed by atoms with Gasteiger partial charge in [0.2, 0.25) is 11.8 Å². The monoisotopic (exact) mass is 356 g/mol. The summed E-state index contributed by atoms with van der Waals surface area (Å²) in [5.41, 5.74) is 2.79. The first-order valence-corrected chi connectivity index (χ1v) is 8.69. The Balaban J connectivity index is 1.69. The summed E-state index contributed by atoms with van der Waals surface area (Å²) in [4.78, 5) is 28.4. The van der Waals surface area contributed by atoms with Crippen LogP contribution in [-0.2, 0) is 16.1 Å². The van der Waals surface area contributed by atoms with Gasteiger partial charge in [0.05, 0.1) is 5.92 Å². The van der Waals surface area contributed by atoms with Crippen LogP contribution in [0.25, 0.3) is 0 Å². The van der Waals surface area contributed by atoms with E-state index in [9.17, 15) is 9.59 Å². The van der Waals surface area contributed by atoms with Gasteiger partial charge in [0.1, 0.15) is 0 Å². The normalized spacial score (nSPS) is 17.0. The molecule has 1 unspecified atom stereocenters. The smallest absolute Gasteiger partial charge is 0.228 e. The van der Waals surface area contributed by atoms with Gasteiger partial charge < -0.3 is 9.80 Å². The van der Waals surface area contributed by atoms with Crippen molar-refractivity contribution in [3.8, 4) is 0 Å². The second-order valence-corrected chi connectivity index (χ2v) is 6.93. The summed E-state index contributed by atoms with van der Waals surface area (Å²) in [6, 6.07) is 15.4. The number of carbonyl (C=O) groups is 2. The number of carbonyl (C=O) groups excluding carboxylic acids is 2. The predicted molar refractivity (Wildman–Crippen MR) is 99.6 cm³/mol. The zero-order valence-electron chi connectivity index (χ0n) is 14.4. The lowest BCUT2D eigenvalue weighted by Gasteiger charge is -2.22. The van der Waals surface area contributed by atoms with Crippen molar-refractivity contribution < 1.29 is 9.59 Å². The van der Waals surface area contributed by atoms with Crippen LogP contribution in [0.15, 0.2) is 48.5 Å². The Hall–Kier alpha value is -2.33. The summed E-state index contributed by atoms with van der Waals surface area (Å²) < 4.78 is 0. The number of halogens is 1. The van der Waals surface area contributed by atoms with Crippen molar-refractivity contribution in [1.82, 2.24) is 4.90 Å². The second-order valence-electron chi connectivity index (χ2n) is 6.52. The van der Waals surface area contributed by atoms with Crippen LogP contribution in [0.2, 0.25) is 5.02 Å². The fraction of sp³-hybridized carbons (Fsp3) is 0.300. The zero-order valence-corrected chi connectivity index (χ0v) is 15.2. The first-order chi connectivity index (χ1) is 12.0. The van der Waals surface area contributed by atoms with Crippen molar-refractivity contribution in [3.05, 3.63) is 64.7 Å². The maximum Gasteiger partial charge on any atom is 0.228 e. The molecule has 1 heterocycles. The molecule has 1 aliphatic heterocycles. The van der Waals surface area contributed by atoms with Crippen molar-refractivity contribution in [1.29, 1.82) is 0 Å². The quantitative estimate of drug-likeness (QED) is 0.838. The summed E-state index contributed by atoms with van der Waals surface area (Å²) in [5.74, 6) is -0.356. The number of hydrogen-bond donors (Lipinski definition) is 0. The van der Waals surface area contributed by atoms with Gasteiger partial charge in [-0.3, -0.25) is 9.59 Å². The van der Waals surface area contributed by atoms with Gasteiger partial charge in [-0.2, -0.15) is 0 Å². The van der Waals surface area contributed by atoms with E-state index in [1.807, 2.05) is 49.4 Å². The van der Waals surface area contributed by atoms with E-state index in [1.165, 1.54) is 0 Å². The van der Waals surface area contributed by atoms with E-state index in [2.05, 4.69) is 0 Å². The molecular weight excluding hydrogens is 336 g/mol. The molecule has 2 aromatic carbocycles. The third-order valence-corrected chi connectivity index (χ3v) is 4.99. The van der Waals surface area contributed by atoms with Crippen LogP contribution >= 0.6 is 11.6 Å².